The van der Waals surface area contributed by atoms with Crippen molar-refractivity contribution >= 4 is 11.6 Å². The van der Waals surface area contributed by atoms with Crippen LogP contribution in [0.25, 0.3) is 11.4 Å². The second kappa shape index (κ2) is 7.45. The van der Waals surface area contributed by atoms with Crippen LogP contribution in [0.3, 0.4) is 0 Å². The van der Waals surface area contributed by atoms with Gasteiger partial charge in [0.25, 0.3) is 0 Å². The molecule has 2 atom stereocenters. The van der Waals surface area contributed by atoms with Crippen LogP contribution >= 0.6 is 11.6 Å². The third-order valence-corrected chi connectivity index (χ3v) is 4.68. The van der Waals surface area contributed by atoms with Crippen LogP contribution in [0.1, 0.15) is 30.3 Å². The summed E-state index contributed by atoms with van der Waals surface area (Å²) in [6.07, 6.45) is 0. The van der Waals surface area contributed by atoms with Gasteiger partial charge >= 0.3 is 0 Å². The number of hydrogen-bond donors (Lipinski definition) is 2. The monoisotopic (exact) mass is 370 g/mol. The molecule has 0 spiro atoms. The van der Waals surface area contributed by atoms with Crippen molar-refractivity contribution in [1.82, 2.24) is 21.0 Å². The van der Waals surface area contributed by atoms with Crippen LogP contribution in [0.2, 0.25) is 5.02 Å². The molecular formula is C19H19ClN4O2. The lowest BCUT2D eigenvalue weighted by atomic mass is 9.95. The molecule has 7 heteroatoms. The predicted octanol–water partition coefficient (Wildman–Crippen LogP) is 3.72. The molecule has 0 saturated carbocycles. The van der Waals surface area contributed by atoms with E-state index in [2.05, 4.69) is 21.0 Å². The van der Waals surface area contributed by atoms with Gasteiger partial charge in [0, 0.05) is 12.1 Å². The molecule has 1 aliphatic rings. The molecular weight excluding hydrogens is 352 g/mol. The standard InChI is InChI=1S/C19H19ClN4O2/c1-2-25-16-9-8-13(10-15(16)20)17-14(11-21-23-17)19-22-18(24-26-19)12-6-4-3-5-7-12/h3-10,14,17,21,23H,2,11H2,1H3. The van der Waals surface area contributed by atoms with Crippen LogP contribution in [0.15, 0.2) is 53.1 Å². The Balaban J connectivity index is 1.59. The molecule has 0 aliphatic carbocycles. The zero-order chi connectivity index (χ0) is 17.9. The average Bonchev–Trinajstić information content (AvgIpc) is 3.33. The smallest absolute Gasteiger partial charge is 0.233 e. The lowest BCUT2D eigenvalue weighted by Crippen LogP contribution is -2.24. The average molecular weight is 371 g/mol. The van der Waals surface area contributed by atoms with Crippen LogP contribution in [0.5, 0.6) is 5.75 Å². The molecule has 0 radical (unpaired) electrons. The lowest BCUT2D eigenvalue weighted by molar-refractivity contribution is 0.339. The first kappa shape index (κ1) is 17.0. The molecule has 26 heavy (non-hydrogen) atoms. The van der Waals surface area contributed by atoms with Gasteiger partial charge in [-0.3, -0.25) is 5.43 Å². The van der Waals surface area contributed by atoms with Crippen LogP contribution in [0, 0.1) is 0 Å². The molecule has 1 aromatic heterocycles. The SMILES string of the molecule is CCOc1ccc(C2NNCC2c2nc(-c3ccccc3)no2)cc1Cl. The highest BCUT2D eigenvalue weighted by molar-refractivity contribution is 6.32. The third kappa shape index (κ3) is 3.31. The van der Waals surface area contributed by atoms with Gasteiger partial charge < -0.3 is 9.26 Å². The summed E-state index contributed by atoms with van der Waals surface area (Å²) in [5.41, 5.74) is 8.42. The van der Waals surface area contributed by atoms with E-state index in [1.165, 1.54) is 0 Å². The molecule has 2 N–H and O–H groups in total. The fourth-order valence-electron chi connectivity index (χ4n) is 3.12. The van der Waals surface area contributed by atoms with E-state index < -0.39 is 0 Å². The first-order chi connectivity index (χ1) is 12.8. The van der Waals surface area contributed by atoms with Gasteiger partial charge in [-0.1, -0.05) is 53.2 Å². The van der Waals surface area contributed by atoms with Gasteiger partial charge in [0.15, 0.2) is 0 Å². The van der Waals surface area contributed by atoms with Gasteiger partial charge in [0.05, 0.1) is 23.6 Å². The zero-order valence-electron chi connectivity index (χ0n) is 14.3. The second-order valence-electron chi connectivity index (χ2n) is 6.05. The van der Waals surface area contributed by atoms with Gasteiger partial charge in [-0.2, -0.15) is 4.98 Å². The largest absolute Gasteiger partial charge is 0.492 e. The number of nitrogens with one attached hydrogen (secondary N) is 2. The third-order valence-electron chi connectivity index (χ3n) is 4.39. The highest BCUT2D eigenvalue weighted by atomic mass is 35.5. The first-order valence-corrected chi connectivity index (χ1v) is 8.93. The summed E-state index contributed by atoms with van der Waals surface area (Å²) >= 11 is 6.34. The maximum atomic E-state index is 6.34. The summed E-state index contributed by atoms with van der Waals surface area (Å²) in [4.78, 5) is 4.59. The summed E-state index contributed by atoms with van der Waals surface area (Å²) in [5.74, 6) is 1.88. The normalized spacial score (nSPS) is 19.6. The van der Waals surface area contributed by atoms with E-state index in [1.807, 2.05) is 55.5 Å². The maximum absolute atomic E-state index is 6.34. The number of hydrogen-bond acceptors (Lipinski definition) is 6. The quantitative estimate of drug-likeness (QED) is 0.713. The van der Waals surface area contributed by atoms with Crippen LogP contribution < -0.4 is 15.6 Å². The van der Waals surface area contributed by atoms with Gasteiger partial charge in [-0.25, -0.2) is 5.43 Å². The van der Waals surface area contributed by atoms with Crippen molar-refractivity contribution < 1.29 is 9.26 Å². The van der Waals surface area contributed by atoms with E-state index in [9.17, 15) is 0 Å². The van der Waals surface area contributed by atoms with E-state index in [1.54, 1.807) is 0 Å². The predicted molar refractivity (Wildman–Crippen MR) is 99.0 cm³/mol. The number of hydrazine groups is 1. The Hall–Kier alpha value is -2.41. The number of benzene rings is 2. The van der Waals surface area contributed by atoms with Crippen molar-refractivity contribution in [2.24, 2.45) is 0 Å². The summed E-state index contributed by atoms with van der Waals surface area (Å²) in [7, 11) is 0. The van der Waals surface area contributed by atoms with Crippen molar-refractivity contribution in [1.29, 1.82) is 0 Å². The fourth-order valence-corrected chi connectivity index (χ4v) is 3.36. The Morgan fingerprint density at radius 2 is 2.08 bits per heavy atom. The Kier molecular flexibility index (Phi) is 4.88. The summed E-state index contributed by atoms with van der Waals surface area (Å²) in [5, 5.41) is 4.72. The molecule has 6 nitrogen and oxygen atoms in total. The highest BCUT2D eigenvalue weighted by Gasteiger charge is 2.34. The minimum Gasteiger partial charge on any atom is -0.492 e. The topological polar surface area (TPSA) is 72.2 Å². The molecule has 2 heterocycles. The van der Waals surface area contributed by atoms with Crippen LogP contribution in [-0.2, 0) is 0 Å². The van der Waals surface area contributed by atoms with Crippen molar-refractivity contribution in [2.45, 2.75) is 18.9 Å². The molecule has 4 rings (SSSR count). The fraction of sp³-hybridized carbons (Fsp3) is 0.263. The highest BCUT2D eigenvalue weighted by Crippen LogP contribution is 2.36. The Morgan fingerprint density at radius 1 is 1.23 bits per heavy atom. The zero-order valence-corrected chi connectivity index (χ0v) is 15.0. The van der Waals surface area contributed by atoms with Crippen LogP contribution in [-0.4, -0.2) is 23.3 Å². The van der Waals surface area contributed by atoms with E-state index in [-0.39, 0.29) is 12.0 Å². The van der Waals surface area contributed by atoms with Crippen molar-refractivity contribution in [2.75, 3.05) is 13.2 Å². The van der Waals surface area contributed by atoms with Gasteiger partial charge in [0.1, 0.15) is 5.75 Å². The number of rotatable bonds is 5. The molecule has 1 saturated heterocycles. The molecule has 3 aromatic rings. The minimum absolute atomic E-state index is 0.00831. The van der Waals surface area contributed by atoms with E-state index in [0.717, 1.165) is 11.1 Å². The molecule has 2 unspecified atom stereocenters. The molecule has 0 amide bonds. The summed E-state index contributed by atoms with van der Waals surface area (Å²) < 4.78 is 11.1. The Morgan fingerprint density at radius 3 is 2.85 bits per heavy atom. The first-order valence-electron chi connectivity index (χ1n) is 8.56. The van der Waals surface area contributed by atoms with Crippen LogP contribution in [0.4, 0.5) is 0 Å². The number of halogens is 1. The van der Waals surface area contributed by atoms with E-state index in [4.69, 9.17) is 20.9 Å². The molecule has 1 fully saturated rings. The number of nitrogens with zero attached hydrogens (tertiary/aromatic N) is 2. The van der Waals surface area contributed by atoms with E-state index in [0.29, 0.717) is 35.6 Å². The van der Waals surface area contributed by atoms with Gasteiger partial charge in [-0.15, -0.1) is 0 Å². The van der Waals surface area contributed by atoms with E-state index >= 15 is 0 Å². The molecule has 2 aromatic carbocycles. The summed E-state index contributed by atoms with van der Waals surface area (Å²) in [6, 6.07) is 15.6. The number of ether oxygens (including phenoxy) is 1. The Labute approximate surface area is 156 Å². The van der Waals surface area contributed by atoms with Crippen molar-refractivity contribution in [3.8, 4) is 17.1 Å². The lowest BCUT2D eigenvalue weighted by Gasteiger charge is -2.17. The van der Waals surface area contributed by atoms with Gasteiger partial charge in [-0.05, 0) is 24.6 Å². The second-order valence-corrected chi connectivity index (χ2v) is 6.46. The molecule has 134 valence electrons. The van der Waals surface area contributed by atoms with Crippen molar-refractivity contribution in [3.05, 3.63) is 65.0 Å². The van der Waals surface area contributed by atoms with Gasteiger partial charge in [0.2, 0.25) is 11.7 Å². The maximum Gasteiger partial charge on any atom is 0.233 e. The van der Waals surface area contributed by atoms with Crippen molar-refractivity contribution in [3.63, 3.8) is 0 Å². The molecule has 0 bridgehead atoms. The Bertz CT molecular complexity index is 884. The molecule has 1 aliphatic heterocycles. The summed E-state index contributed by atoms with van der Waals surface area (Å²) in [6.45, 7) is 3.20. The minimum atomic E-state index is -0.0211. The number of aromatic nitrogens is 2.